The van der Waals surface area contributed by atoms with Crippen LogP contribution in [-0.2, 0) is 11.3 Å². The monoisotopic (exact) mass is 446 g/mol. The number of amides is 3. The van der Waals surface area contributed by atoms with Crippen LogP contribution in [0.5, 0.6) is 0 Å². The number of aromatic nitrogens is 1. The number of carbonyl (C=O) groups excluding carboxylic acids is 3. The van der Waals surface area contributed by atoms with Crippen molar-refractivity contribution in [1.82, 2.24) is 14.8 Å². The van der Waals surface area contributed by atoms with Crippen LogP contribution >= 0.6 is 0 Å². The maximum atomic E-state index is 13.4. The van der Waals surface area contributed by atoms with Gasteiger partial charge < -0.3 is 9.80 Å². The summed E-state index contributed by atoms with van der Waals surface area (Å²) in [5.41, 5.74) is 2.49. The van der Waals surface area contributed by atoms with E-state index in [9.17, 15) is 14.4 Å². The van der Waals surface area contributed by atoms with Crippen LogP contribution in [0.4, 0.5) is 5.69 Å². The zero-order valence-electron chi connectivity index (χ0n) is 19.1. The fourth-order valence-corrected chi connectivity index (χ4v) is 5.44. The Morgan fingerprint density at radius 3 is 2.67 bits per heavy atom. The molecular formula is C26H30N4O3. The maximum Gasteiger partial charge on any atom is 0.263 e. The number of pyridine rings is 1. The number of anilines is 1. The molecular weight excluding hydrogens is 416 g/mol. The second-order valence-corrected chi connectivity index (χ2v) is 9.57. The molecule has 3 amide bonds. The number of benzene rings is 1. The zero-order valence-corrected chi connectivity index (χ0v) is 19.1. The summed E-state index contributed by atoms with van der Waals surface area (Å²) in [6.07, 6.45) is 7.36. The maximum absolute atomic E-state index is 13.4. The van der Waals surface area contributed by atoms with Crippen molar-refractivity contribution in [1.29, 1.82) is 0 Å². The predicted octanol–water partition coefficient (Wildman–Crippen LogP) is 3.35. The van der Waals surface area contributed by atoms with Crippen LogP contribution in [0.1, 0.15) is 58.9 Å². The third kappa shape index (κ3) is 4.12. The molecule has 0 spiro atoms. The first-order valence-electron chi connectivity index (χ1n) is 11.9. The van der Waals surface area contributed by atoms with Crippen LogP contribution in [0, 0.1) is 11.8 Å². The van der Waals surface area contributed by atoms with E-state index < -0.39 is 0 Å². The van der Waals surface area contributed by atoms with Crippen molar-refractivity contribution in [2.75, 3.05) is 31.1 Å². The summed E-state index contributed by atoms with van der Waals surface area (Å²) < 4.78 is 0. The van der Waals surface area contributed by atoms with Gasteiger partial charge in [0.05, 0.1) is 29.3 Å². The quantitative estimate of drug-likeness (QED) is 0.674. The minimum absolute atomic E-state index is 0.0707. The summed E-state index contributed by atoms with van der Waals surface area (Å²) in [5, 5.41) is 0. The molecule has 2 fully saturated rings. The fraction of sp³-hybridized carbons (Fsp3) is 0.462. The van der Waals surface area contributed by atoms with Crippen molar-refractivity contribution in [2.24, 2.45) is 11.8 Å². The van der Waals surface area contributed by atoms with Crippen molar-refractivity contribution in [3.63, 3.8) is 0 Å². The molecule has 7 nitrogen and oxygen atoms in total. The first-order chi connectivity index (χ1) is 16.0. The molecule has 3 aliphatic heterocycles. The number of carbonyl (C=O) groups is 3. The van der Waals surface area contributed by atoms with Crippen molar-refractivity contribution in [3.8, 4) is 0 Å². The van der Waals surface area contributed by atoms with E-state index in [-0.39, 0.29) is 30.2 Å². The second-order valence-electron chi connectivity index (χ2n) is 9.57. The first kappa shape index (κ1) is 21.6. The molecule has 0 aliphatic carbocycles. The molecule has 0 radical (unpaired) electrons. The lowest BCUT2D eigenvalue weighted by Crippen LogP contribution is -2.48. The van der Waals surface area contributed by atoms with Gasteiger partial charge in [0.2, 0.25) is 5.91 Å². The average molecular weight is 447 g/mol. The lowest BCUT2D eigenvalue weighted by molar-refractivity contribution is -0.137. The van der Waals surface area contributed by atoms with E-state index in [4.69, 9.17) is 0 Å². The highest BCUT2D eigenvalue weighted by atomic mass is 16.2. The van der Waals surface area contributed by atoms with Crippen LogP contribution in [0.25, 0.3) is 0 Å². The summed E-state index contributed by atoms with van der Waals surface area (Å²) in [7, 11) is 0. The molecule has 172 valence electrons. The van der Waals surface area contributed by atoms with Gasteiger partial charge in [-0.05, 0) is 55.4 Å². The number of fused-ring (bicyclic) bond motifs is 1. The van der Waals surface area contributed by atoms with Crippen LogP contribution < -0.4 is 4.90 Å². The molecule has 1 aromatic carbocycles. The molecule has 2 aromatic rings. The Morgan fingerprint density at radius 1 is 1.03 bits per heavy atom. The first-order valence-corrected chi connectivity index (χ1v) is 11.9. The Kier molecular flexibility index (Phi) is 5.87. The molecule has 3 aliphatic rings. The predicted molar refractivity (Wildman–Crippen MR) is 125 cm³/mol. The number of hydrogen-bond donors (Lipinski definition) is 0. The summed E-state index contributed by atoms with van der Waals surface area (Å²) >= 11 is 0. The molecule has 1 aromatic heterocycles. The third-order valence-corrected chi connectivity index (χ3v) is 7.12. The Morgan fingerprint density at radius 2 is 1.88 bits per heavy atom. The molecule has 4 heterocycles. The standard InChI is InChI=1S/C26H30N4O3/c1-18-6-4-13-29(15-18)24(31)20-8-5-12-28(17-20)22-10-2-9-21-23(22)26(33)30(25(21)32)16-19-7-3-11-27-14-19/h2-3,7,9-11,14,18,20H,4-6,8,12-13,15-17H2,1H3/t18-,20-/m0/s1. The molecule has 7 heteroatoms. The molecule has 0 saturated carbocycles. The minimum atomic E-state index is -0.271. The number of imide groups is 1. The van der Waals surface area contributed by atoms with E-state index in [1.54, 1.807) is 24.5 Å². The second kappa shape index (κ2) is 8.96. The summed E-state index contributed by atoms with van der Waals surface area (Å²) in [4.78, 5) is 49.2. The van der Waals surface area contributed by atoms with Crippen LogP contribution in [-0.4, -0.2) is 58.7 Å². The highest BCUT2D eigenvalue weighted by Crippen LogP contribution is 2.35. The van der Waals surface area contributed by atoms with Crippen LogP contribution in [0.3, 0.4) is 0 Å². The minimum Gasteiger partial charge on any atom is -0.370 e. The van der Waals surface area contributed by atoms with Gasteiger partial charge in [0.1, 0.15) is 0 Å². The topological polar surface area (TPSA) is 73.8 Å². The number of rotatable bonds is 4. The number of piperidine rings is 2. The van der Waals surface area contributed by atoms with Gasteiger partial charge in [-0.1, -0.05) is 19.1 Å². The molecule has 2 atom stereocenters. The number of nitrogens with zero attached hydrogens (tertiary/aromatic N) is 4. The van der Waals surface area contributed by atoms with E-state index in [0.717, 1.165) is 50.1 Å². The van der Waals surface area contributed by atoms with Gasteiger partial charge in [0, 0.05) is 38.6 Å². The Balaban J connectivity index is 1.37. The van der Waals surface area contributed by atoms with Gasteiger partial charge in [-0.15, -0.1) is 0 Å². The smallest absolute Gasteiger partial charge is 0.263 e. The van der Waals surface area contributed by atoms with E-state index in [1.807, 2.05) is 23.1 Å². The molecule has 0 bridgehead atoms. The van der Waals surface area contributed by atoms with Gasteiger partial charge in [-0.2, -0.15) is 0 Å². The average Bonchev–Trinajstić information content (AvgIpc) is 3.09. The van der Waals surface area contributed by atoms with E-state index in [2.05, 4.69) is 16.8 Å². The van der Waals surface area contributed by atoms with Crippen molar-refractivity contribution < 1.29 is 14.4 Å². The zero-order chi connectivity index (χ0) is 22.9. The Labute approximate surface area is 194 Å². The van der Waals surface area contributed by atoms with E-state index in [1.165, 1.54) is 11.3 Å². The molecule has 0 unspecified atom stereocenters. The third-order valence-electron chi connectivity index (χ3n) is 7.12. The van der Waals surface area contributed by atoms with Gasteiger partial charge in [0.25, 0.3) is 11.8 Å². The summed E-state index contributed by atoms with van der Waals surface area (Å²) in [6, 6.07) is 9.13. The lowest BCUT2D eigenvalue weighted by atomic mass is 9.93. The van der Waals surface area contributed by atoms with Crippen molar-refractivity contribution >= 4 is 23.4 Å². The fourth-order valence-electron chi connectivity index (χ4n) is 5.44. The van der Waals surface area contributed by atoms with Crippen LogP contribution in [0.15, 0.2) is 42.7 Å². The summed E-state index contributed by atoms with van der Waals surface area (Å²) in [6.45, 7) is 5.46. The van der Waals surface area contributed by atoms with E-state index >= 15 is 0 Å². The van der Waals surface area contributed by atoms with E-state index in [0.29, 0.717) is 23.6 Å². The molecule has 33 heavy (non-hydrogen) atoms. The highest BCUT2D eigenvalue weighted by Gasteiger charge is 2.40. The Bertz CT molecular complexity index is 1070. The van der Waals surface area contributed by atoms with Gasteiger partial charge in [0.15, 0.2) is 0 Å². The SMILES string of the molecule is C[C@H]1CCCN(C(=O)[C@H]2CCCN(c3cccc4c3C(=O)N(Cc3cccnc3)C4=O)C2)C1. The number of likely N-dealkylation sites (tertiary alicyclic amines) is 1. The van der Waals surface area contributed by atoms with Crippen LogP contribution in [0.2, 0.25) is 0 Å². The van der Waals surface area contributed by atoms with Gasteiger partial charge in [-0.3, -0.25) is 24.3 Å². The van der Waals surface area contributed by atoms with Crippen molar-refractivity contribution in [2.45, 2.75) is 39.2 Å². The summed E-state index contributed by atoms with van der Waals surface area (Å²) in [5.74, 6) is 0.174. The largest absolute Gasteiger partial charge is 0.370 e. The number of hydrogen-bond acceptors (Lipinski definition) is 5. The van der Waals surface area contributed by atoms with Gasteiger partial charge >= 0.3 is 0 Å². The van der Waals surface area contributed by atoms with Gasteiger partial charge in [-0.25, -0.2) is 0 Å². The highest BCUT2D eigenvalue weighted by molar-refractivity contribution is 6.23. The molecule has 2 saturated heterocycles. The Hall–Kier alpha value is -3.22. The van der Waals surface area contributed by atoms with Crippen molar-refractivity contribution in [3.05, 3.63) is 59.4 Å². The molecule has 0 N–H and O–H groups in total. The molecule has 5 rings (SSSR count). The lowest BCUT2D eigenvalue weighted by Gasteiger charge is -2.38. The normalized spacial score (nSPS) is 23.1.